The third kappa shape index (κ3) is 3.61. The highest BCUT2D eigenvalue weighted by Crippen LogP contribution is 2.36. The number of methoxy groups -OCH3 is 2. The van der Waals surface area contributed by atoms with Crippen molar-refractivity contribution < 1.29 is 14.7 Å². The lowest BCUT2D eigenvalue weighted by molar-refractivity contribution is 0.294. The highest BCUT2D eigenvalue weighted by molar-refractivity contribution is 5.88. The monoisotopic (exact) mass is 340 g/mol. The standard InChI is InChI=1S/C20H24N2O3/c1-13-18(22-23)12-19(14-4-8-16(24-2)9-5-14)21-20(13)15-6-10-17(25-3)11-7-15/h4-11,13,19-21,23H,12H2,1-3H3/b22-18-/t13-,19-,20-/m1/s1. The highest BCUT2D eigenvalue weighted by atomic mass is 16.5. The minimum absolute atomic E-state index is 0.0673. The molecule has 0 aromatic heterocycles. The van der Waals surface area contributed by atoms with Gasteiger partial charge >= 0.3 is 0 Å². The Balaban J connectivity index is 1.88. The molecule has 1 aliphatic rings. The zero-order valence-corrected chi connectivity index (χ0v) is 14.8. The van der Waals surface area contributed by atoms with Gasteiger partial charge in [-0.15, -0.1) is 0 Å². The summed E-state index contributed by atoms with van der Waals surface area (Å²) >= 11 is 0. The van der Waals surface area contributed by atoms with E-state index in [2.05, 4.69) is 29.5 Å². The van der Waals surface area contributed by atoms with Gasteiger partial charge in [0, 0.05) is 24.4 Å². The molecule has 1 fully saturated rings. The van der Waals surface area contributed by atoms with Crippen molar-refractivity contribution in [3.05, 3.63) is 59.7 Å². The van der Waals surface area contributed by atoms with Gasteiger partial charge < -0.3 is 20.0 Å². The van der Waals surface area contributed by atoms with Crippen molar-refractivity contribution in [1.82, 2.24) is 5.32 Å². The first-order valence-corrected chi connectivity index (χ1v) is 8.41. The second-order valence-corrected chi connectivity index (χ2v) is 6.33. The van der Waals surface area contributed by atoms with Crippen molar-refractivity contribution in [3.63, 3.8) is 0 Å². The van der Waals surface area contributed by atoms with Gasteiger partial charge in [0.05, 0.1) is 19.9 Å². The van der Waals surface area contributed by atoms with Crippen LogP contribution in [0.25, 0.3) is 0 Å². The Labute approximate surface area is 148 Å². The number of ether oxygens (including phenoxy) is 2. The molecule has 3 atom stereocenters. The molecule has 2 aromatic carbocycles. The van der Waals surface area contributed by atoms with Gasteiger partial charge in [0.1, 0.15) is 11.5 Å². The van der Waals surface area contributed by atoms with Gasteiger partial charge in [-0.1, -0.05) is 36.3 Å². The quantitative estimate of drug-likeness (QED) is 0.653. The summed E-state index contributed by atoms with van der Waals surface area (Å²) < 4.78 is 10.5. The smallest absolute Gasteiger partial charge is 0.118 e. The molecule has 5 heteroatoms. The van der Waals surface area contributed by atoms with Gasteiger partial charge in [0.2, 0.25) is 0 Å². The second-order valence-electron chi connectivity index (χ2n) is 6.33. The van der Waals surface area contributed by atoms with Crippen LogP contribution in [0, 0.1) is 5.92 Å². The van der Waals surface area contributed by atoms with Crippen LogP contribution in [0.3, 0.4) is 0 Å². The average Bonchev–Trinajstić information content (AvgIpc) is 2.68. The fourth-order valence-corrected chi connectivity index (χ4v) is 3.39. The number of piperidine rings is 1. The molecule has 25 heavy (non-hydrogen) atoms. The highest BCUT2D eigenvalue weighted by Gasteiger charge is 2.33. The van der Waals surface area contributed by atoms with Crippen molar-refractivity contribution in [3.8, 4) is 11.5 Å². The van der Waals surface area contributed by atoms with Gasteiger partial charge in [-0.3, -0.25) is 0 Å². The van der Waals surface area contributed by atoms with E-state index in [1.165, 1.54) is 0 Å². The van der Waals surface area contributed by atoms with E-state index in [-0.39, 0.29) is 18.0 Å². The largest absolute Gasteiger partial charge is 0.497 e. The van der Waals surface area contributed by atoms with Crippen molar-refractivity contribution in [2.45, 2.75) is 25.4 Å². The van der Waals surface area contributed by atoms with Crippen LogP contribution in [-0.4, -0.2) is 25.1 Å². The average molecular weight is 340 g/mol. The summed E-state index contributed by atoms with van der Waals surface area (Å²) in [6, 6.07) is 16.2. The molecule has 3 rings (SSSR count). The maximum atomic E-state index is 9.48. The van der Waals surface area contributed by atoms with Crippen LogP contribution in [0.2, 0.25) is 0 Å². The van der Waals surface area contributed by atoms with E-state index in [0.717, 1.165) is 28.3 Å². The van der Waals surface area contributed by atoms with E-state index >= 15 is 0 Å². The molecule has 0 unspecified atom stereocenters. The van der Waals surface area contributed by atoms with Crippen LogP contribution >= 0.6 is 0 Å². The number of hydrogen-bond acceptors (Lipinski definition) is 5. The number of benzene rings is 2. The predicted octanol–water partition coefficient (Wildman–Crippen LogP) is 3.95. The molecule has 0 amide bonds. The first kappa shape index (κ1) is 17.3. The Bertz CT molecular complexity index is 726. The number of nitrogens with zero attached hydrogens (tertiary/aromatic N) is 1. The minimum Gasteiger partial charge on any atom is -0.497 e. The molecule has 0 saturated carbocycles. The van der Waals surface area contributed by atoms with Crippen LogP contribution in [0.4, 0.5) is 0 Å². The summed E-state index contributed by atoms with van der Waals surface area (Å²) in [6.07, 6.45) is 0.677. The van der Waals surface area contributed by atoms with E-state index in [1.54, 1.807) is 14.2 Å². The lowest BCUT2D eigenvalue weighted by Crippen LogP contribution is -2.41. The van der Waals surface area contributed by atoms with Gasteiger partial charge in [-0.05, 0) is 35.4 Å². The van der Waals surface area contributed by atoms with E-state index in [0.29, 0.717) is 6.42 Å². The molecule has 2 aromatic rings. The van der Waals surface area contributed by atoms with Gasteiger partial charge in [-0.2, -0.15) is 0 Å². The Morgan fingerprint density at radius 3 is 1.92 bits per heavy atom. The SMILES string of the molecule is COc1ccc([C@H]2C/C(=N/O)[C@@H](C)[C@H](c3ccc(OC)cc3)N2)cc1. The van der Waals surface area contributed by atoms with Crippen molar-refractivity contribution in [2.24, 2.45) is 11.1 Å². The molecule has 0 aliphatic carbocycles. The third-order valence-electron chi connectivity index (χ3n) is 4.94. The minimum atomic E-state index is 0.0673. The molecular formula is C20H24N2O3. The van der Waals surface area contributed by atoms with Crippen LogP contribution in [0.15, 0.2) is 53.7 Å². The van der Waals surface area contributed by atoms with Crippen LogP contribution in [0.1, 0.15) is 36.6 Å². The lowest BCUT2D eigenvalue weighted by Gasteiger charge is -2.37. The maximum Gasteiger partial charge on any atom is 0.118 e. The summed E-state index contributed by atoms with van der Waals surface area (Å²) in [5.74, 6) is 1.76. The third-order valence-corrected chi connectivity index (χ3v) is 4.94. The van der Waals surface area contributed by atoms with Crippen LogP contribution in [0.5, 0.6) is 11.5 Å². The zero-order valence-electron chi connectivity index (χ0n) is 14.8. The Morgan fingerprint density at radius 1 is 0.920 bits per heavy atom. The fraction of sp³-hybridized carbons (Fsp3) is 0.350. The molecule has 1 aliphatic heterocycles. The van der Waals surface area contributed by atoms with Crippen LogP contribution in [-0.2, 0) is 0 Å². The van der Waals surface area contributed by atoms with Gasteiger partial charge in [-0.25, -0.2) is 0 Å². The molecule has 0 bridgehead atoms. The van der Waals surface area contributed by atoms with Crippen molar-refractivity contribution in [1.29, 1.82) is 0 Å². The number of rotatable bonds is 4. The molecule has 0 radical (unpaired) electrons. The van der Waals surface area contributed by atoms with Crippen molar-refractivity contribution >= 4 is 5.71 Å². The molecule has 2 N–H and O–H groups in total. The maximum absolute atomic E-state index is 9.48. The first-order chi connectivity index (χ1) is 12.2. The normalized spacial score (nSPS) is 24.9. The van der Waals surface area contributed by atoms with E-state index in [1.807, 2.05) is 36.4 Å². The first-order valence-electron chi connectivity index (χ1n) is 8.41. The summed E-state index contributed by atoms with van der Waals surface area (Å²) in [4.78, 5) is 0. The lowest BCUT2D eigenvalue weighted by atomic mass is 9.81. The molecule has 5 nitrogen and oxygen atoms in total. The van der Waals surface area contributed by atoms with Gasteiger partial charge in [0.15, 0.2) is 0 Å². The van der Waals surface area contributed by atoms with E-state index < -0.39 is 0 Å². The van der Waals surface area contributed by atoms with Crippen molar-refractivity contribution in [2.75, 3.05) is 14.2 Å². The van der Waals surface area contributed by atoms with E-state index in [4.69, 9.17) is 9.47 Å². The van der Waals surface area contributed by atoms with Gasteiger partial charge in [0.25, 0.3) is 0 Å². The topological polar surface area (TPSA) is 63.1 Å². The Morgan fingerprint density at radius 2 is 1.44 bits per heavy atom. The number of oxime groups is 1. The van der Waals surface area contributed by atoms with E-state index in [9.17, 15) is 5.21 Å². The summed E-state index contributed by atoms with van der Waals surface area (Å²) in [5.41, 5.74) is 3.10. The molecular weight excluding hydrogens is 316 g/mol. The second kappa shape index (κ2) is 7.57. The van der Waals surface area contributed by atoms with Crippen LogP contribution < -0.4 is 14.8 Å². The molecule has 1 saturated heterocycles. The predicted molar refractivity (Wildman–Crippen MR) is 97.6 cm³/mol. The molecule has 132 valence electrons. The fourth-order valence-electron chi connectivity index (χ4n) is 3.39. The zero-order chi connectivity index (χ0) is 17.8. The number of nitrogens with one attached hydrogen (secondary N) is 1. The number of hydrogen-bond donors (Lipinski definition) is 2. The Kier molecular flexibility index (Phi) is 5.24. The summed E-state index contributed by atoms with van der Waals surface area (Å²) in [6.45, 7) is 2.08. The summed E-state index contributed by atoms with van der Waals surface area (Å²) in [7, 11) is 3.32. The Hall–Kier alpha value is -2.53. The summed E-state index contributed by atoms with van der Waals surface area (Å²) in [5, 5.41) is 16.8. The molecule has 0 spiro atoms. The molecule has 1 heterocycles.